The van der Waals surface area contributed by atoms with Crippen molar-refractivity contribution in [3.63, 3.8) is 0 Å². The van der Waals surface area contributed by atoms with Crippen molar-refractivity contribution in [1.82, 2.24) is 10.6 Å². The SMILES string of the molecule is CC(C)(F)C[C@H](N[C@@H](c1ccc(-c2ccc(S(C)(=O)=O)cc2Cl)cc1)C(F)(F)F)C(=O)NC(N)Cc1ccc(N)cc1F. The van der Waals surface area contributed by atoms with E-state index in [0.717, 1.165) is 26.2 Å². The molecule has 14 heteroatoms. The van der Waals surface area contributed by atoms with Gasteiger partial charge in [0.2, 0.25) is 5.91 Å². The Kier molecular flexibility index (Phi) is 10.5. The van der Waals surface area contributed by atoms with Crippen molar-refractivity contribution in [3.8, 4) is 11.1 Å². The van der Waals surface area contributed by atoms with Crippen molar-refractivity contribution >= 4 is 33.0 Å². The van der Waals surface area contributed by atoms with Crippen molar-refractivity contribution < 1.29 is 35.2 Å². The van der Waals surface area contributed by atoms with E-state index < -0.39 is 58.1 Å². The average Bonchev–Trinajstić information content (AvgIpc) is 2.86. The van der Waals surface area contributed by atoms with Gasteiger partial charge in [-0.05, 0) is 54.8 Å². The molecule has 3 aromatic rings. The summed E-state index contributed by atoms with van der Waals surface area (Å²) in [6, 6.07) is 8.90. The van der Waals surface area contributed by atoms with Gasteiger partial charge in [0, 0.05) is 35.4 Å². The highest BCUT2D eigenvalue weighted by atomic mass is 35.5. The molecular formula is C29H32ClF5N4O3S. The first-order valence-corrected chi connectivity index (χ1v) is 15.2. The molecule has 234 valence electrons. The van der Waals surface area contributed by atoms with Gasteiger partial charge in [-0.1, -0.05) is 48.0 Å². The molecule has 0 radical (unpaired) electrons. The van der Waals surface area contributed by atoms with Gasteiger partial charge in [0.15, 0.2) is 9.84 Å². The highest BCUT2D eigenvalue weighted by molar-refractivity contribution is 7.90. The number of nitrogens with two attached hydrogens (primary N) is 2. The lowest BCUT2D eigenvalue weighted by Crippen LogP contribution is -2.55. The van der Waals surface area contributed by atoms with Crippen LogP contribution in [0.25, 0.3) is 11.1 Å². The Bertz CT molecular complexity index is 1560. The number of nitrogen functional groups attached to an aromatic ring is 1. The molecule has 7 nitrogen and oxygen atoms in total. The fourth-order valence-corrected chi connectivity index (χ4v) is 5.41. The summed E-state index contributed by atoms with van der Waals surface area (Å²) in [6.45, 7) is 2.24. The van der Waals surface area contributed by atoms with Crippen LogP contribution in [0.15, 0.2) is 65.6 Å². The second kappa shape index (κ2) is 13.2. The Labute approximate surface area is 251 Å². The van der Waals surface area contributed by atoms with Gasteiger partial charge in [-0.15, -0.1) is 0 Å². The maximum absolute atomic E-state index is 14.7. The minimum atomic E-state index is -4.90. The molecule has 0 saturated heterocycles. The monoisotopic (exact) mass is 646 g/mol. The van der Waals surface area contributed by atoms with Gasteiger partial charge in [0.1, 0.15) is 17.5 Å². The summed E-state index contributed by atoms with van der Waals surface area (Å²) in [5.74, 6) is -1.67. The van der Waals surface area contributed by atoms with Crippen molar-refractivity contribution in [2.24, 2.45) is 5.73 Å². The number of hydrogen-bond donors (Lipinski definition) is 4. The Morgan fingerprint density at radius 2 is 1.63 bits per heavy atom. The van der Waals surface area contributed by atoms with Crippen molar-refractivity contribution in [2.75, 3.05) is 12.0 Å². The van der Waals surface area contributed by atoms with Crippen LogP contribution < -0.4 is 22.1 Å². The Balaban J connectivity index is 1.85. The summed E-state index contributed by atoms with van der Waals surface area (Å²) in [4.78, 5) is 13.1. The fraction of sp³-hybridized carbons (Fsp3) is 0.345. The minimum absolute atomic E-state index is 0.0161. The minimum Gasteiger partial charge on any atom is -0.399 e. The molecule has 43 heavy (non-hydrogen) atoms. The number of nitrogens with one attached hydrogen (secondary N) is 2. The molecule has 0 saturated carbocycles. The number of carbonyl (C=O) groups excluding carboxylic acids is 1. The molecule has 0 aromatic heterocycles. The van der Waals surface area contributed by atoms with E-state index in [1.54, 1.807) is 0 Å². The Morgan fingerprint density at radius 3 is 2.14 bits per heavy atom. The zero-order valence-electron chi connectivity index (χ0n) is 23.5. The first kappa shape index (κ1) is 34.2. The summed E-state index contributed by atoms with van der Waals surface area (Å²) in [6.07, 6.45) is -5.90. The number of alkyl halides is 4. The second-order valence-electron chi connectivity index (χ2n) is 10.8. The summed E-state index contributed by atoms with van der Waals surface area (Å²) >= 11 is 6.24. The molecule has 0 fully saturated rings. The maximum atomic E-state index is 14.7. The largest absolute Gasteiger partial charge is 0.407 e. The number of anilines is 1. The van der Waals surface area contributed by atoms with Crippen LogP contribution in [0.4, 0.5) is 27.6 Å². The van der Waals surface area contributed by atoms with E-state index in [1.807, 2.05) is 0 Å². The molecular weight excluding hydrogens is 615 g/mol. The van der Waals surface area contributed by atoms with Crippen molar-refractivity contribution in [3.05, 3.63) is 82.6 Å². The highest BCUT2D eigenvalue weighted by Gasteiger charge is 2.44. The van der Waals surface area contributed by atoms with Crippen LogP contribution in [0.1, 0.15) is 37.4 Å². The lowest BCUT2D eigenvalue weighted by molar-refractivity contribution is -0.161. The molecule has 6 N–H and O–H groups in total. The van der Waals surface area contributed by atoms with Crippen LogP contribution in [0.2, 0.25) is 5.02 Å². The maximum Gasteiger partial charge on any atom is 0.407 e. The van der Waals surface area contributed by atoms with E-state index in [0.29, 0.717) is 11.1 Å². The van der Waals surface area contributed by atoms with E-state index in [4.69, 9.17) is 23.1 Å². The Morgan fingerprint density at radius 1 is 1.00 bits per heavy atom. The number of rotatable bonds is 11. The topological polar surface area (TPSA) is 127 Å². The molecule has 0 bridgehead atoms. The second-order valence-corrected chi connectivity index (χ2v) is 13.2. The molecule has 0 aliphatic rings. The number of halogens is 6. The molecule has 3 atom stereocenters. The van der Waals surface area contributed by atoms with Gasteiger partial charge < -0.3 is 16.8 Å². The molecule has 3 aromatic carbocycles. The van der Waals surface area contributed by atoms with Crippen LogP contribution in [0.5, 0.6) is 0 Å². The summed E-state index contributed by atoms with van der Waals surface area (Å²) < 4.78 is 95.3. The van der Waals surface area contributed by atoms with Crippen LogP contribution in [-0.2, 0) is 21.1 Å². The molecule has 0 heterocycles. The van der Waals surface area contributed by atoms with Crippen molar-refractivity contribution in [2.45, 2.75) is 61.7 Å². The molecule has 3 rings (SSSR count). The number of sulfone groups is 1. The normalized spacial score (nSPS) is 14.7. The quantitative estimate of drug-likeness (QED) is 0.124. The van der Waals surface area contributed by atoms with E-state index in [9.17, 15) is 35.2 Å². The zero-order valence-corrected chi connectivity index (χ0v) is 25.0. The molecule has 0 aliphatic heterocycles. The smallest absolute Gasteiger partial charge is 0.399 e. The number of carbonyl (C=O) groups is 1. The predicted molar refractivity (Wildman–Crippen MR) is 156 cm³/mol. The van der Waals surface area contributed by atoms with E-state index in [2.05, 4.69) is 10.6 Å². The highest BCUT2D eigenvalue weighted by Crippen LogP contribution is 2.36. The summed E-state index contributed by atoms with van der Waals surface area (Å²) in [5.41, 5.74) is 10.2. The third kappa shape index (κ3) is 9.62. The van der Waals surface area contributed by atoms with Crippen LogP contribution >= 0.6 is 11.6 Å². The van der Waals surface area contributed by atoms with E-state index >= 15 is 0 Å². The van der Waals surface area contributed by atoms with Crippen LogP contribution in [0, 0.1) is 5.82 Å². The number of benzene rings is 3. The Hall–Kier alpha value is -3.26. The fourth-order valence-electron chi connectivity index (χ4n) is 4.41. The number of amides is 1. The molecule has 1 amide bonds. The van der Waals surface area contributed by atoms with Crippen LogP contribution in [-0.4, -0.2) is 44.6 Å². The van der Waals surface area contributed by atoms with Gasteiger partial charge >= 0.3 is 6.18 Å². The summed E-state index contributed by atoms with van der Waals surface area (Å²) in [5, 5.41) is 4.66. The lowest BCUT2D eigenvalue weighted by atomic mass is 9.96. The molecule has 1 unspecified atom stereocenters. The first-order chi connectivity index (χ1) is 19.7. The van der Waals surface area contributed by atoms with Gasteiger partial charge in [0.25, 0.3) is 0 Å². The first-order valence-electron chi connectivity index (χ1n) is 13.0. The molecule has 0 aliphatic carbocycles. The average molecular weight is 647 g/mol. The zero-order chi connectivity index (χ0) is 32.3. The van der Waals surface area contributed by atoms with E-state index in [-0.39, 0.29) is 33.2 Å². The van der Waals surface area contributed by atoms with Gasteiger partial charge in [-0.2, -0.15) is 13.2 Å². The summed E-state index contributed by atoms with van der Waals surface area (Å²) in [7, 11) is -3.52. The van der Waals surface area contributed by atoms with Gasteiger partial charge in [-0.25, -0.2) is 17.2 Å². The third-order valence-corrected chi connectivity index (χ3v) is 7.89. The lowest BCUT2D eigenvalue weighted by Gasteiger charge is -2.30. The number of hydrogen-bond acceptors (Lipinski definition) is 6. The standard InChI is InChI=1S/C29H32ClF5N4O3S/c1-28(2,32)15-24(27(40)39-25(37)12-18-8-9-19(36)13-23(18)31)38-26(29(33,34)35)17-6-4-16(5-7-17)21-11-10-20(14-22(21)30)43(3,41)42/h4-11,13-14,24-26,38H,12,15,36-37H2,1-3H3,(H,39,40)/t24-,25?,26-/m0/s1. The van der Waals surface area contributed by atoms with Gasteiger partial charge in [0.05, 0.1) is 17.1 Å². The van der Waals surface area contributed by atoms with Gasteiger partial charge in [-0.3, -0.25) is 10.1 Å². The van der Waals surface area contributed by atoms with Crippen LogP contribution in [0.3, 0.4) is 0 Å². The third-order valence-electron chi connectivity index (χ3n) is 6.47. The van der Waals surface area contributed by atoms with E-state index in [1.165, 1.54) is 54.6 Å². The molecule has 0 spiro atoms. The van der Waals surface area contributed by atoms with Crippen molar-refractivity contribution in [1.29, 1.82) is 0 Å². The predicted octanol–water partition coefficient (Wildman–Crippen LogP) is 5.48.